The van der Waals surface area contributed by atoms with Gasteiger partial charge in [0.05, 0.1) is 0 Å². The zero-order valence-electron chi connectivity index (χ0n) is 4.43. The number of allylic oxidation sites excluding steroid dienone is 2. The highest BCUT2D eigenvalue weighted by Crippen LogP contribution is 2.08. The number of rotatable bonds is 0. The van der Waals surface area contributed by atoms with Gasteiger partial charge in [0.1, 0.15) is 0 Å². The number of hydrogen-bond donors (Lipinski definition) is 0. The number of alkyl halides is 1. The molecule has 0 N–H and O–H groups in total. The van der Waals surface area contributed by atoms with Crippen molar-refractivity contribution in [1.82, 2.24) is 0 Å². The first-order valence-corrected chi connectivity index (χ1v) is 2.64. The fourth-order valence-corrected chi connectivity index (χ4v) is 0.687. The number of carbonyl (C=O) groups is 1. The molecule has 0 radical (unpaired) electrons. The van der Waals surface area contributed by atoms with Gasteiger partial charge in [0, 0.05) is 6.42 Å². The number of carbonyl (C=O) groups excluding carboxylic acids is 1. The molecule has 1 atom stereocenters. The third-order valence-electron chi connectivity index (χ3n) is 1.17. The Morgan fingerprint density at radius 3 is 2.88 bits per heavy atom. The van der Waals surface area contributed by atoms with E-state index in [9.17, 15) is 9.18 Å². The van der Waals surface area contributed by atoms with Crippen LogP contribution in [0.2, 0.25) is 0 Å². The smallest absolute Gasteiger partial charge is 0.176 e. The number of Topliss-reactive ketones (excluding diaryl/α,β-unsaturated/α-hetero) is 1. The van der Waals surface area contributed by atoms with E-state index < -0.39 is 6.17 Å². The van der Waals surface area contributed by atoms with Crippen molar-refractivity contribution in [3.63, 3.8) is 0 Å². The van der Waals surface area contributed by atoms with Gasteiger partial charge in [-0.2, -0.15) is 0 Å². The summed E-state index contributed by atoms with van der Waals surface area (Å²) in [4.78, 5) is 10.4. The van der Waals surface area contributed by atoms with Gasteiger partial charge in [-0.25, -0.2) is 4.39 Å². The van der Waals surface area contributed by atoms with E-state index in [1.807, 2.05) is 0 Å². The molecule has 0 saturated carbocycles. The third kappa shape index (κ3) is 0.941. The fourth-order valence-electron chi connectivity index (χ4n) is 0.687. The van der Waals surface area contributed by atoms with E-state index in [-0.39, 0.29) is 5.78 Å². The highest BCUT2D eigenvalue weighted by molar-refractivity contribution is 5.85. The Morgan fingerprint density at radius 1 is 1.75 bits per heavy atom. The first-order valence-electron chi connectivity index (χ1n) is 2.64. The molecule has 0 spiro atoms. The highest BCUT2D eigenvalue weighted by Gasteiger charge is 2.15. The first-order chi connectivity index (χ1) is 3.80. The van der Waals surface area contributed by atoms with E-state index in [0.29, 0.717) is 12.8 Å². The van der Waals surface area contributed by atoms with Crippen molar-refractivity contribution >= 4 is 5.78 Å². The SMILES string of the molecule is O=C1CCC=CC1F. The van der Waals surface area contributed by atoms with Gasteiger partial charge in [0.2, 0.25) is 0 Å². The van der Waals surface area contributed by atoms with Crippen molar-refractivity contribution in [2.75, 3.05) is 0 Å². The van der Waals surface area contributed by atoms with Crippen LogP contribution in [0.1, 0.15) is 12.8 Å². The highest BCUT2D eigenvalue weighted by atomic mass is 19.1. The van der Waals surface area contributed by atoms with Crippen LogP contribution < -0.4 is 0 Å². The van der Waals surface area contributed by atoms with E-state index in [0.717, 1.165) is 0 Å². The van der Waals surface area contributed by atoms with Crippen LogP contribution in [0.3, 0.4) is 0 Å². The number of ketones is 1. The van der Waals surface area contributed by atoms with Gasteiger partial charge >= 0.3 is 0 Å². The molecule has 0 saturated heterocycles. The lowest BCUT2D eigenvalue weighted by molar-refractivity contribution is -0.122. The second-order valence-corrected chi connectivity index (χ2v) is 1.83. The van der Waals surface area contributed by atoms with Crippen LogP contribution >= 0.6 is 0 Å². The second-order valence-electron chi connectivity index (χ2n) is 1.83. The average Bonchev–Trinajstić information content (AvgIpc) is 1.77. The van der Waals surface area contributed by atoms with Crippen LogP contribution in [0.4, 0.5) is 4.39 Å². The second kappa shape index (κ2) is 2.07. The molecule has 1 nitrogen and oxygen atoms in total. The van der Waals surface area contributed by atoms with Gasteiger partial charge in [-0.15, -0.1) is 0 Å². The molecule has 1 rings (SSSR count). The molecule has 0 aromatic heterocycles. The molecule has 44 valence electrons. The van der Waals surface area contributed by atoms with Crippen molar-refractivity contribution in [2.45, 2.75) is 19.0 Å². The fraction of sp³-hybridized carbons (Fsp3) is 0.500. The number of hydrogen-bond acceptors (Lipinski definition) is 1. The molecule has 0 amide bonds. The Labute approximate surface area is 47.2 Å². The standard InChI is InChI=1S/C6H7FO/c7-5-3-1-2-4-6(5)8/h1,3,5H,2,4H2. The number of halogens is 1. The Kier molecular flexibility index (Phi) is 1.42. The maximum atomic E-state index is 12.1. The van der Waals surface area contributed by atoms with Crippen LogP contribution in [0.15, 0.2) is 12.2 Å². The molecule has 0 aromatic rings. The minimum absolute atomic E-state index is 0.285. The maximum Gasteiger partial charge on any atom is 0.176 e. The van der Waals surface area contributed by atoms with Crippen LogP contribution in [0.25, 0.3) is 0 Å². The molecule has 0 aliphatic heterocycles. The summed E-state index contributed by atoms with van der Waals surface area (Å²) < 4.78 is 12.1. The van der Waals surface area contributed by atoms with E-state index >= 15 is 0 Å². The van der Waals surface area contributed by atoms with Gasteiger partial charge in [-0.1, -0.05) is 6.08 Å². The van der Waals surface area contributed by atoms with Gasteiger partial charge in [0.15, 0.2) is 12.0 Å². The summed E-state index contributed by atoms with van der Waals surface area (Å²) in [6.07, 6.45) is 2.78. The molecule has 0 heterocycles. The third-order valence-corrected chi connectivity index (χ3v) is 1.17. The zero-order valence-corrected chi connectivity index (χ0v) is 4.43. The van der Waals surface area contributed by atoms with Crippen LogP contribution in [0.5, 0.6) is 0 Å². The minimum Gasteiger partial charge on any atom is -0.296 e. The average molecular weight is 114 g/mol. The Hall–Kier alpha value is -0.660. The van der Waals surface area contributed by atoms with E-state index in [1.165, 1.54) is 6.08 Å². The summed E-state index contributed by atoms with van der Waals surface area (Å²) >= 11 is 0. The molecule has 1 unspecified atom stereocenters. The van der Waals surface area contributed by atoms with E-state index in [2.05, 4.69) is 0 Å². The molecule has 1 aliphatic rings. The van der Waals surface area contributed by atoms with E-state index in [1.54, 1.807) is 6.08 Å². The Balaban J connectivity index is 2.60. The molecule has 0 bridgehead atoms. The summed E-state index contributed by atoms with van der Waals surface area (Å²) in [5.74, 6) is -0.285. The van der Waals surface area contributed by atoms with Gasteiger partial charge in [-0.05, 0) is 12.5 Å². The topological polar surface area (TPSA) is 17.1 Å². The quantitative estimate of drug-likeness (QED) is 0.433. The molecule has 0 aromatic carbocycles. The maximum absolute atomic E-state index is 12.1. The van der Waals surface area contributed by atoms with Crippen molar-refractivity contribution in [1.29, 1.82) is 0 Å². The molecule has 2 heteroatoms. The van der Waals surface area contributed by atoms with Crippen molar-refractivity contribution in [3.8, 4) is 0 Å². The lowest BCUT2D eigenvalue weighted by Crippen LogP contribution is -2.14. The molecule has 1 aliphatic carbocycles. The van der Waals surface area contributed by atoms with E-state index in [4.69, 9.17) is 0 Å². The van der Waals surface area contributed by atoms with Gasteiger partial charge < -0.3 is 0 Å². The van der Waals surface area contributed by atoms with Crippen molar-refractivity contribution in [2.24, 2.45) is 0 Å². The van der Waals surface area contributed by atoms with Gasteiger partial charge in [0.25, 0.3) is 0 Å². The molecular weight excluding hydrogens is 107 g/mol. The largest absolute Gasteiger partial charge is 0.296 e. The molecule has 8 heavy (non-hydrogen) atoms. The van der Waals surface area contributed by atoms with Crippen molar-refractivity contribution < 1.29 is 9.18 Å². The van der Waals surface area contributed by atoms with Crippen LogP contribution in [0, 0.1) is 0 Å². The first kappa shape index (κ1) is 5.48. The summed E-state index contributed by atoms with van der Waals surface area (Å²) in [6, 6.07) is 0. The zero-order chi connectivity index (χ0) is 5.98. The lowest BCUT2D eigenvalue weighted by Gasteiger charge is -2.04. The predicted molar refractivity (Wildman–Crippen MR) is 28.3 cm³/mol. The minimum atomic E-state index is -1.32. The monoisotopic (exact) mass is 114 g/mol. The Bertz CT molecular complexity index is 128. The van der Waals surface area contributed by atoms with Crippen LogP contribution in [-0.2, 0) is 4.79 Å². The molecule has 0 fully saturated rings. The van der Waals surface area contributed by atoms with Gasteiger partial charge in [-0.3, -0.25) is 4.79 Å². The Morgan fingerprint density at radius 2 is 2.50 bits per heavy atom. The lowest BCUT2D eigenvalue weighted by atomic mass is 10.1. The summed E-state index contributed by atoms with van der Waals surface area (Å²) in [5, 5.41) is 0. The van der Waals surface area contributed by atoms with Crippen molar-refractivity contribution in [3.05, 3.63) is 12.2 Å². The summed E-state index contributed by atoms with van der Waals surface area (Å²) in [7, 11) is 0. The predicted octanol–water partition coefficient (Wildman–Crippen LogP) is 1.24. The summed E-state index contributed by atoms with van der Waals surface area (Å²) in [5.41, 5.74) is 0. The summed E-state index contributed by atoms with van der Waals surface area (Å²) in [6.45, 7) is 0. The van der Waals surface area contributed by atoms with Crippen LogP contribution in [-0.4, -0.2) is 12.0 Å². The molecular formula is C6H7FO. The normalized spacial score (nSPS) is 28.6.